The maximum atomic E-state index is 13.9. The first-order chi connectivity index (χ1) is 18.5. The number of hydrogen-bond acceptors (Lipinski definition) is 5. The smallest absolute Gasteiger partial charge is 0.250 e. The highest BCUT2D eigenvalue weighted by atomic mass is 16.5. The Kier molecular flexibility index (Phi) is 7.98. The van der Waals surface area contributed by atoms with Gasteiger partial charge in [-0.1, -0.05) is 55.5 Å². The highest BCUT2D eigenvalue weighted by Crippen LogP contribution is 2.40. The standard InChI is InChI=1S/C30H38N4O4/c1-2-26(23-10-5-3-6-11-23)28(36)32-17-15-30(16-18-32)29(37)33(22-34(30)24-12-7-4-8-13-24)21-27(35)31-20-25-14-9-19-38-25/h3-8,10-13,25-26H,2,9,14-22H2,1H3,(H,31,35)/t25-,26+/m0/s1. The Labute approximate surface area is 224 Å². The van der Waals surface area contributed by atoms with Crippen molar-refractivity contribution in [2.75, 3.05) is 44.4 Å². The number of carbonyl (C=O) groups excluding carboxylic acids is 3. The van der Waals surface area contributed by atoms with E-state index in [4.69, 9.17) is 4.74 Å². The molecule has 3 saturated heterocycles. The minimum atomic E-state index is -0.762. The van der Waals surface area contributed by atoms with Gasteiger partial charge >= 0.3 is 0 Å². The van der Waals surface area contributed by atoms with E-state index in [-0.39, 0.29) is 36.3 Å². The van der Waals surface area contributed by atoms with Crippen LogP contribution in [0.1, 0.15) is 50.5 Å². The number of rotatable bonds is 8. The topological polar surface area (TPSA) is 82.2 Å². The van der Waals surface area contributed by atoms with Gasteiger partial charge in [0.05, 0.1) is 18.7 Å². The number of nitrogens with one attached hydrogen (secondary N) is 1. The third kappa shape index (κ3) is 5.27. The van der Waals surface area contributed by atoms with E-state index in [0.717, 1.165) is 37.1 Å². The van der Waals surface area contributed by atoms with Gasteiger partial charge in [-0.05, 0) is 49.8 Å². The summed E-state index contributed by atoms with van der Waals surface area (Å²) in [6.07, 6.45) is 3.83. The number of carbonyl (C=O) groups is 3. The molecule has 3 amide bonds. The normalized spacial score (nSPS) is 21.7. The van der Waals surface area contributed by atoms with Crippen LogP contribution in [0.15, 0.2) is 60.7 Å². The number of benzene rings is 2. The van der Waals surface area contributed by atoms with Crippen LogP contribution in [-0.4, -0.2) is 78.6 Å². The molecular formula is C30H38N4O4. The molecule has 0 unspecified atom stereocenters. The molecule has 38 heavy (non-hydrogen) atoms. The Morgan fingerprint density at radius 2 is 1.74 bits per heavy atom. The molecule has 5 rings (SSSR count). The predicted octanol–water partition coefficient (Wildman–Crippen LogP) is 3.14. The largest absolute Gasteiger partial charge is 0.376 e. The van der Waals surface area contributed by atoms with Gasteiger partial charge in [0.15, 0.2) is 0 Å². The van der Waals surface area contributed by atoms with E-state index in [1.807, 2.05) is 72.5 Å². The van der Waals surface area contributed by atoms with E-state index in [9.17, 15) is 14.4 Å². The van der Waals surface area contributed by atoms with Crippen molar-refractivity contribution < 1.29 is 19.1 Å². The lowest BCUT2D eigenvalue weighted by Gasteiger charge is -2.44. The summed E-state index contributed by atoms with van der Waals surface area (Å²) in [7, 11) is 0. The zero-order chi connectivity index (χ0) is 26.5. The van der Waals surface area contributed by atoms with Crippen molar-refractivity contribution in [3.05, 3.63) is 66.2 Å². The molecule has 2 aromatic rings. The van der Waals surface area contributed by atoms with Crippen LogP contribution in [0.4, 0.5) is 5.69 Å². The van der Waals surface area contributed by atoms with E-state index in [1.165, 1.54) is 0 Å². The van der Waals surface area contributed by atoms with Crippen LogP contribution in [0.3, 0.4) is 0 Å². The quantitative estimate of drug-likeness (QED) is 0.581. The van der Waals surface area contributed by atoms with E-state index in [2.05, 4.69) is 10.2 Å². The van der Waals surface area contributed by atoms with Crippen LogP contribution < -0.4 is 10.2 Å². The highest BCUT2D eigenvalue weighted by Gasteiger charge is 2.54. The zero-order valence-corrected chi connectivity index (χ0v) is 22.2. The molecule has 0 saturated carbocycles. The molecule has 2 atom stereocenters. The van der Waals surface area contributed by atoms with E-state index < -0.39 is 5.54 Å². The van der Waals surface area contributed by atoms with Gasteiger partial charge in [0.1, 0.15) is 12.1 Å². The summed E-state index contributed by atoms with van der Waals surface area (Å²) in [6.45, 7) is 4.65. The van der Waals surface area contributed by atoms with Crippen molar-refractivity contribution in [2.45, 2.75) is 56.6 Å². The number of ether oxygens (including phenoxy) is 1. The Morgan fingerprint density at radius 1 is 1.05 bits per heavy atom. The summed E-state index contributed by atoms with van der Waals surface area (Å²) < 4.78 is 5.61. The van der Waals surface area contributed by atoms with Crippen LogP contribution in [0.25, 0.3) is 0 Å². The summed E-state index contributed by atoms with van der Waals surface area (Å²) in [5.74, 6) is -0.259. The molecule has 3 heterocycles. The molecule has 8 heteroatoms. The molecular weight excluding hydrogens is 480 g/mol. The first-order valence-corrected chi connectivity index (χ1v) is 13.9. The monoisotopic (exact) mass is 518 g/mol. The number of amides is 3. The van der Waals surface area contributed by atoms with Crippen LogP contribution in [0.5, 0.6) is 0 Å². The predicted molar refractivity (Wildman–Crippen MR) is 146 cm³/mol. The summed E-state index contributed by atoms with van der Waals surface area (Å²) >= 11 is 0. The van der Waals surface area contributed by atoms with Crippen molar-refractivity contribution in [3.63, 3.8) is 0 Å². The van der Waals surface area contributed by atoms with Crippen molar-refractivity contribution in [1.82, 2.24) is 15.1 Å². The van der Waals surface area contributed by atoms with Crippen molar-refractivity contribution in [3.8, 4) is 0 Å². The van der Waals surface area contributed by atoms with E-state index in [1.54, 1.807) is 4.90 Å². The summed E-state index contributed by atoms with van der Waals surface area (Å²) in [5.41, 5.74) is 1.23. The van der Waals surface area contributed by atoms with E-state index in [0.29, 0.717) is 39.1 Å². The minimum Gasteiger partial charge on any atom is -0.376 e. The maximum absolute atomic E-state index is 13.9. The van der Waals surface area contributed by atoms with Gasteiger partial charge < -0.3 is 24.8 Å². The van der Waals surface area contributed by atoms with Crippen LogP contribution in [0.2, 0.25) is 0 Å². The van der Waals surface area contributed by atoms with Crippen molar-refractivity contribution in [1.29, 1.82) is 0 Å². The first-order valence-electron chi connectivity index (χ1n) is 13.9. The minimum absolute atomic E-state index is 0.0190. The fourth-order valence-corrected chi connectivity index (χ4v) is 6.14. The average molecular weight is 519 g/mol. The summed E-state index contributed by atoms with van der Waals surface area (Å²) in [5, 5.41) is 2.95. The second kappa shape index (κ2) is 11.6. The molecule has 1 spiro atoms. The molecule has 3 fully saturated rings. The molecule has 3 aliphatic heterocycles. The number of hydrogen-bond donors (Lipinski definition) is 1. The third-order valence-electron chi connectivity index (χ3n) is 8.28. The lowest BCUT2D eigenvalue weighted by molar-refractivity contribution is -0.140. The molecule has 0 bridgehead atoms. The zero-order valence-electron chi connectivity index (χ0n) is 22.2. The highest BCUT2D eigenvalue weighted by molar-refractivity contribution is 5.96. The number of likely N-dealkylation sites (tertiary alicyclic amines) is 1. The van der Waals surface area contributed by atoms with Gasteiger partial charge in [0, 0.05) is 31.9 Å². The van der Waals surface area contributed by atoms with Crippen LogP contribution >= 0.6 is 0 Å². The molecule has 1 N–H and O–H groups in total. The number of anilines is 1. The molecule has 0 aromatic heterocycles. The fourth-order valence-electron chi connectivity index (χ4n) is 6.14. The van der Waals surface area contributed by atoms with Crippen LogP contribution in [-0.2, 0) is 19.1 Å². The lowest BCUT2D eigenvalue weighted by atomic mass is 9.84. The fraction of sp³-hybridized carbons (Fsp3) is 0.500. The van der Waals surface area contributed by atoms with Crippen molar-refractivity contribution >= 4 is 23.4 Å². The van der Waals surface area contributed by atoms with Crippen molar-refractivity contribution in [2.24, 2.45) is 0 Å². The molecule has 0 aliphatic carbocycles. The average Bonchev–Trinajstić information content (AvgIpc) is 3.57. The third-order valence-corrected chi connectivity index (χ3v) is 8.28. The number of piperidine rings is 1. The first kappa shape index (κ1) is 26.2. The summed E-state index contributed by atoms with van der Waals surface area (Å²) in [6, 6.07) is 19.8. The molecule has 8 nitrogen and oxygen atoms in total. The van der Waals surface area contributed by atoms with Gasteiger partial charge in [-0.25, -0.2) is 0 Å². The Bertz CT molecular complexity index is 1110. The number of nitrogens with zero attached hydrogens (tertiary/aromatic N) is 3. The second-order valence-electron chi connectivity index (χ2n) is 10.6. The molecule has 202 valence electrons. The Hall–Kier alpha value is -3.39. The van der Waals surface area contributed by atoms with E-state index >= 15 is 0 Å². The summed E-state index contributed by atoms with van der Waals surface area (Å²) in [4.78, 5) is 45.9. The van der Waals surface area contributed by atoms with Gasteiger partial charge in [0.2, 0.25) is 11.8 Å². The second-order valence-corrected chi connectivity index (χ2v) is 10.6. The Morgan fingerprint density at radius 3 is 2.37 bits per heavy atom. The Balaban J connectivity index is 1.29. The van der Waals surface area contributed by atoms with Gasteiger partial charge in [-0.15, -0.1) is 0 Å². The van der Waals surface area contributed by atoms with Gasteiger partial charge in [-0.2, -0.15) is 0 Å². The lowest BCUT2D eigenvalue weighted by Crippen LogP contribution is -2.58. The number of para-hydroxylation sites is 1. The maximum Gasteiger partial charge on any atom is 0.250 e. The molecule has 2 aromatic carbocycles. The molecule has 3 aliphatic rings. The van der Waals surface area contributed by atoms with Gasteiger partial charge in [0.25, 0.3) is 5.91 Å². The molecule has 0 radical (unpaired) electrons. The van der Waals surface area contributed by atoms with Gasteiger partial charge in [-0.3, -0.25) is 14.4 Å². The SMILES string of the molecule is CC[C@@H](C(=O)N1CCC2(CC1)C(=O)N(CC(=O)NC[C@@H]1CCCO1)CN2c1ccccc1)c1ccccc1. The van der Waals surface area contributed by atoms with Crippen LogP contribution in [0, 0.1) is 0 Å².